The van der Waals surface area contributed by atoms with Gasteiger partial charge in [-0.25, -0.2) is 4.98 Å². The summed E-state index contributed by atoms with van der Waals surface area (Å²) in [6.45, 7) is 0.683. The van der Waals surface area contributed by atoms with Gasteiger partial charge in [0.15, 0.2) is 5.16 Å². The third-order valence-electron chi connectivity index (χ3n) is 4.07. The van der Waals surface area contributed by atoms with Crippen LogP contribution in [0.4, 0.5) is 5.69 Å². The highest BCUT2D eigenvalue weighted by molar-refractivity contribution is 7.99. The molecule has 2 heterocycles. The van der Waals surface area contributed by atoms with Gasteiger partial charge in [0.25, 0.3) is 5.56 Å². The first-order valence-electron chi connectivity index (χ1n) is 8.25. The van der Waals surface area contributed by atoms with Crippen molar-refractivity contribution in [3.63, 3.8) is 0 Å². The molecule has 0 unspecified atom stereocenters. The number of anilines is 1. The minimum Gasteiger partial charge on any atom is -0.469 e. The number of para-hydroxylation sites is 1. The Hall–Kier alpha value is -2.61. The Balaban J connectivity index is 1.69. The Morgan fingerprint density at radius 1 is 1.35 bits per heavy atom. The van der Waals surface area contributed by atoms with E-state index in [1.807, 2.05) is 24.3 Å². The van der Waals surface area contributed by atoms with Crippen LogP contribution in [-0.4, -0.2) is 41.3 Å². The van der Waals surface area contributed by atoms with Crippen molar-refractivity contribution in [3.8, 4) is 0 Å². The zero-order chi connectivity index (χ0) is 18.5. The van der Waals surface area contributed by atoms with Gasteiger partial charge in [0.05, 0.1) is 25.0 Å². The summed E-state index contributed by atoms with van der Waals surface area (Å²) < 4.78 is 4.59. The number of aromatic amines is 1. The number of nitrogens with one attached hydrogen (secondary N) is 1. The van der Waals surface area contributed by atoms with E-state index < -0.39 is 5.97 Å². The van der Waals surface area contributed by atoms with Crippen LogP contribution in [0, 0.1) is 0 Å². The molecule has 0 radical (unpaired) electrons. The largest absolute Gasteiger partial charge is 0.469 e. The number of hydrogen-bond donors (Lipinski definition) is 1. The van der Waals surface area contributed by atoms with E-state index in [9.17, 15) is 14.4 Å². The van der Waals surface area contributed by atoms with Crippen LogP contribution in [0.1, 0.15) is 17.7 Å². The lowest BCUT2D eigenvalue weighted by Crippen LogP contribution is -2.36. The van der Waals surface area contributed by atoms with Crippen LogP contribution in [0.3, 0.4) is 0 Å². The molecule has 136 valence electrons. The van der Waals surface area contributed by atoms with Gasteiger partial charge in [-0.2, -0.15) is 0 Å². The summed E-state index contributed by atoms with van der Waals surface area (Å²) in [5.41, 5.74) is 2.07. The van der Waals surface area contributed by atoms with Crippen molar-refractivity contribution in [1.29, 1.82) is 0 Å². The molecule has 0 spiro atoms. The van der Waals surface area contributed by atoms with Crippen LogP contribution in [0.25, 0.3) is 0 Å². The third-order valence-corrected chi connectivity index (χ3v) is 4.93. The number of H-pyrrole nitrogens is 1. The van der Waals surface area contributed by atoms with Crippen LogP contribution in [-0.2, 0) is 27.2 Å². The molecule has 1 aromatic heterocycles. The van der Waals surface area contributed by atoms with Gasteiger partial charge in [0.2, 0.25) is 5.91 Å². The lowest BCUT2D eigenvalue weighted by Gasteiger charge is -2.29. The number of hydrogen-bond acceptors (Lipinski definition) is 6. The van der Waals surface area contributed by atoms with Gasteiger partial charge in [0, 0.05) is 18.3 Å². The number of aromatic nitrogens is 2. The van der Waals surface area contributed by atoms with E-state index in [0.29, 0.717) is 17.4 Å². The molecule has 1 N–H and O–H groups in total. The highest BCUT2D eigenvalue weighted by Gasteiger charge is 2.22. The maximum Gasteiger partial charge on any atom is 0.311 e. The molecule has 26 heavy (non-hydrogen) atoms. The van der Waals surface area contributed by atoms with Gasteiger partial charge in [-0.3, -0.25) is 14.4 Å². The zero-order valence-electron chi connectivity index (χ0n) is 14.4. The van der Waals surface area contributed by atoms with Crippen molar-refractivity contribution >= 4 is 29.3 Å². The van der Waals surface area contributed by atoms with Crippen LogP contribution in [0.15, 0.2) is 40.3 Å². The third kappa shape index (κ3) is 4.32. The molecular formula is C18H19N3O4S. The number of aryl methyl sites for hydroxylation is 1. The molecule has 1 aliphatic rings. The quantitative estimate of drug-likeness (QED) is 0.486. The predicted octanol–water partition coefficient (Wildman–Crippen LogP) is 1.56. The summed E-state index contributed by atoms with van der Waals surface area (Å²) in [4.78, 5) is 44.3. The van der Waals surface area contributed by atoms with E-state index in [4.69, 9.17) is 0 Å². The molecule has 0 saturated carbocycles. The highest BCUT2D eigenvalue weighted by Crippen LogP contribution is 2.27. The Labute approximate surface area is 154 Å². The maximum absolute atomic E-state index is 12.6. The van der Waals surface area contributed by atoms with Crippen LogP contribution in [0.2, 0.25) is 0 Å². The smallest absolute Gasteiger partial charge is 0.311 e. The fraction of sp³-hybridized carbons (Fsp3) is 0.333. The number of carbonyl (C=O) groups is 2. The number of thioether (sulfide) groups is 1. The number of carbonyl (C=O) groups excluding carboxylic acids is 2. The first-order valence-corrected chi connectivity index (χ1v) is 9.23. The zero-order valence-corrected chi connectivity index (χ0v) is 15.2. The van der Waals surface area contributed by atoms with Crippen LogP contribution in [0.5, 0.6) is 0 Å². The average molecular weight is 373 g/mol. The normalized spacial score (nSPS) is 13.2. The molecule has 0 saturated heterocycles. The molecule has 7 nitrogen and oxygen atoms in total. The molecule has 8 heteroatoms. The van der Waals surface area contributed by atoms with E-state index in [1.54, 1.807) is 4.90 Å². The number of ether oxygens (including phenoxy) is 1. The number of methoxy groups -OCH3 is 1. The monoisotopic (exact) mass is 373 g/mol. The number of esters is 1. The first-order chi connectivity index (χ1) is 12.6. The number of benzene rings is 1. The summed E-state index contributed by atoms with van der Waals surface area (Å²) in [5.74, 6) is -0.359. The van der Waals surface area contributed by atoms with Gasteiger partial charge in [0.1, 0.15) is 0 Å². The molecule has 3 rings (SSSR count). The summed E-state index contributed by atoms with van der Waals surface area (Å²) in [6, 6.07) is 9.14. The maximum atomic E-state index is 12.6. The van der Waals surface area contributed by atoms with Crippen molar-refractivity contribution in [2.45, 2.75) is 24.4 Å². The molecule has 1 aliphatic heterocycles. The second-order valence-corrected chi connectivity index (χ2v) is 6.83. The summed E-state index contributed by atoms with van der Waals surface area (Å²) in [7, 11) is 1.28. The van der Waals surface area contributed by atoms with Gasteiger partial charge in [-0.15, -0.1) is 0 Å². The number of nitrogens with zero attached hydrogens (tertiary/aromatic N) is 2. The molecule has 0 aliphatic carbocycles. The molecule has 1 amide bonds. The van der Waals surface area contributed by atoms with E-state index >= 15 is 0 Å². The second kappa shape index (κ2) is 8.18. The summed E-state index contributed by atoms with van der Waals surface area (Å²) in [6.07, 6.45) is 1.82. The fourth-order valence-corrected chi connectivity index (χ4v) is 3.63. The Morgan fingerprint density at radius 2 is 2.15 bits per heavy atom. The number of fused-ring (bicyclic) bond motifs is 1. The van der Waals surface area contributed by atoms with E-state index in [1.165, 1.54) is 18.7 Å². The van der Waals surface area contributed by atoms with Crippen LogP contribution >= 0.6 is 11.8 Å². The fourth-order valence-electron chi connectivity index (χ4n) is 2.86. The highest BCUT2D eigenvalue weighted by atomic mass is 32.2. The Bertz CT molecular complexity index is 881. The van der Waals surface area contributed by atoms with Crippen molar-refractivity contribution in [1.82, 2.24) is 9.97 Å². The molecule has 2 aromatic rings. The van der Waals surface area contributed by atoms with E-state index in [0.717, 1.165) is 30.3 Å². The van der Waals surface area contributed by atoms with Crippen molar-refractivity contribution in [3.05, 3.63) is 51.9 Å². The van der Waals surface area contributed by atoms with E-state index in [-0.39, 0.29) is 23.6 Å². The Morgan fingerprint density at radius 3 is 2.96 bits per heavy atom. The van der Waals surface area contributed by atoms with Gasteiger partial charge < -0.3 is 14.6 Å². The lowest BCUT2D eigenvalue weighted by molar-refractivity contribution is -0.139. The predicted molar refractivity (Wildman–Crippen MR) is 98.4 cm³/mol. The first kappa shape index (κ1) is 18.2. The standard InChI is InChI=1S/C18H19N3O4S/c1-25-17(24)10-13-9-15(22)20-18(19-13)26-11-16(23)21-8-4-6-12-5-2-3-7-14(12)21/h2-3,5,7,9H,4,6,8,10-11H2,1H3,(H,19,20,22). The SMILES string of the molecule is COC(=O)Cc1cc(=O)[nH]c(SCC(=O)N2CCCc3ccccc32)n1. The van der Waals surface area contributed by atoms with Gasteiger partial charge >= 0.3 is 5.97 Å². The Kier molecular flexibility index (Phi) is 5.72. The molecule has 0 atom stereocenters. The van der Waals surface area contributed by atoms with Gasteiger partial charge in [-0.1, -0.05) is 30.0 Å². The topological polar surface area (TPSA) is 92.4 Å². The minimum absolute atomic E-state index is 0.0387. The summed E-state index contributed by atoms with van der Waals surface area (Å²) >= 11 is 1.15. The number of amides is 1. The van der Waals surface area contributed by atoms with Crippen molar-refractivity contribution < 1.29 is 14.3 Å². The minimum atomic E-state index is -0.472. The lowest BCUT2D eigenvalue weighted by atomic mass is 10.0. The second-order valence-electron chi connectivity index (χ2n) is 5.86. The van der Waals surface area contributed by atoms with E-state index in [2.05, 4.69) is 14.7 Å². The van der Waals surface area contributed by atoms with Crippen LogP contribution < -0.4 is 10.5 Å². The van der Waals surface area contributed by atoms with Crippen molar-refractivity contribution in [2.75, 3.05) is 24.3 Å². The summed E-state index contributed by atoms with van der Waals surface area (Å²) in [5, 5.41) is 0.315. The van der Waals surface area contributed by atoms with Crippen molar-refractivity contribution in [2.24, 2.45) is 0 Å². The molecule has 0 bridgehead atoms. The van der Waals surface area contributed by atoms with Gasteiger partial charge in [-0.05, 0) is 24.5 Å². The molecule has 1 aromatic carbocycles. The molecular weight excluding hydrogens is 354 g/mol. The molecule has 0 fully saturated rings. The number of rotatable bonds is 5. The average Bonchev–Trinajstić information content (AvgIpc) is 2.65.